The minimum Gasteiger partial charge on any atom is -0.508 e. The number of carboxylic acids is 2. The molecule has 434 valence electrons. The molecule has 0 aromatic heterocycles. The Bertz CT molecular complexity index is 2250. The maximum absolute atomic E-state index is 14.4. The van der Waals surface area contributed by atoms with Gasteiger partial charge in [0, 0.05) is 25.0 Å². The molecule has 0 aliphatic rings. The molecule has 2 aromatic carbocycles. The third kappa shape index (κ3) is 25.5. The van der Waals surface area contributed by atoms with E-state index < -0.39 is 127 Å². The van der Waals surface area contributed by atoms with Crippen molar-refractivity contribution < 1.29 is 63.3 Å². The summed E-state index contributed by atoms with van der Waals surface area (Å²) in [6.45, 7) is 3.66. The van der Waals surface area contributed by atoms with E-state index >= 15 is 0 Å². The fraction of sp³-hybridized carbons (Fsp3) is 0.577. The highest BCUT2D eigenvalue weighted by Gasteiger charge is 2.34. The molecule has 2 rings (SSSR count). The van der Waals surface area contributed by atoms with Crippen molar-refractivity contribution in [1.29, 1.82) is 0 Å². The lowest BCUT2D eigenvalue weighted by atomic mass is 9.98. The van der Waals surface area contributed by atoms with E-state index in [0.29, 0.717) is 56.1 Å². The van der Waals surface area contributed by atoms with Crippen LogP contribution in [-0.4, -0.2) is 155 Å². The summed E-state index contributed by atoms with van der Waals surface area (Å²) in [7, 11) is 0. The van der Waals surface area contributed by atoms with Gasteiger partial charge in [0.2, 0.25) is 47.3 Å². The van der Waals surface area contributed by atoms with E-state index in [9.17, 15) is 63.3 Å². The van der Waals surface area contributed by atoms with Gasteiger partial charge in [-0.15, -0.1) is 0 Å². The summed E-state index contributed by atoms with van der Waals surface area (Å²) in [6.07, 6.45) is 1.86. The summed E-state index contributed by atoms with van der Waals surface area (Å²) < 4.78 is 0. The molecule has 8 amide bonds. The fourth-order valence-corrected chi connectivity index (χ4v) is 8.07. The molecule has 78 heavy (non-hydrogen) atoms. The predicted octanol–water partition coefficient (Wildman–Crippen LogP) is -1.67. The van der Waals surface area contributed by atoms with Crippen molar-refractivity contribution in [3.8, 4) is 5.75 Å². The van der Waals surface area contributed by atoms with Crippen molar-refractivity contribution in [1.82, 2.24) is 42.5 Å². The average molecular weight is 1120 g/mol. The molecule has 2 aromatic rings. The molecule has 19 N–H and O–H groups in total. The number of benzene rings is 2. The first-order chi connectivity index (χ1) is 37.2. The molecule has 0 fully saturated rings. The minimum absolute atomic E-state index is 0.00942. The highest BCUT2D eigenvalue weighted by molar-refractivity contribution is 7.80. The van der Waals surface area contributed by atoms with Crippen molar-refractivity contribution in [3.05, 3.63) is 65.7 Å². The van der Waals surface area contributed by atoms with Gasteiger partial charge in [-0.1, -0.05) is 62.7 Å². The highest BCUT2D eigenvalue weighted by Crippen LogP contribution is 2.14. The van der Waals surface area contributed by atoms with Crippen LogP contribution in [0.2, 0.25) is 0 Å². The summed E-state index contributed by atoms with van der Waals surface area (Å²) in [5.74, 6) is -9.74. The number of carboxylic acid groups (broad SMARTS) is 2. The number of hydrogen-bond donors (Lipinski definition) is 16. The Labute approximate surface area is 460 Å². The highest BCUT2D eigenvalue weighted by atomic mass is 32.1. The zero-order valence-corrected chi connectivity index (χ0v) is 45.4. The van der Waals surface area contributed by atoms with Crippen LogP contribution in [0.4, 0.5) is 0 Å². The van der Waals surface area contributed by atoms with Crippen molar-refractivity contribution in [2.75, 3.05) is 31.9 Å². The summed E-state index contributed by atoms with van der Waals surface area (Å²) in [5, 5.41) is 49.4. The van der Waals surface area contributed by atoms with Gasteiger partial charge in [-0.2, -0.15) is 12.6 Å². The molecular weight excluding hydrogens is 1030 g/mol. The van der Waals surface area contributed by atoms with Gasteiger partial charge in [0.15, 0.2) is 0 Å². The number of amides is 8. The van der Waals surface area contributed by atoms with E-state index in [0.717, 1.165) is 0 Å². The third-order valence-corrected chi connectivity index (χ3v) is 13.1. The monoisotopic (exact) mass is 1110 g/mol. The molecule has 0 saturated heterocycles. The van der Waals surface area contributed by atoms with Crippen LogP contribution in [-0.2, 0) is 60.8 Å². The first-order valence-electron chi connectivity index (χ1n) is 26.3. The van der Waals surface area contributed by atoms with E-state index in [1.807, 2.05) is 6.92 Å². The third-order valence-electron chi connectivity index (χ3n) is 12.7. The van der Waals surface area contributed by atoms with Crippen LogP contribution in [0.25, 0.3) is 0 Å². The lowest BCUT2D eigenvalue weighted by Crippen LogP contribution is -2.60. The first kappa shape index (κ1) is 67.2. The average Bonchev–Trinajstić information content (AvgIpc) is 3.42. The topological polar surface area (TPSA) is 432 Å². The number of aromatic hydroxyl groups is 1. The van der Waals surface area contributed by atoms with Crippen molar-refractivity contribution in [2.45, 2.75) is 152 Å². The Morgan fingerprint density at radius 1 is 0.513 bits per heavy atom. The van der Waals surface area contributed by atoms with Gasteiger partial charge in [-0.25, -0.2) is 4.79 Å². The maximum atomic E-state index is 14.4. The Hall–Kier alpha value is -6.87. The van der Waals surface area contributed by atoms with Crippen LogP contribution in [0.3, 0.4) is 0 Å². The van der Waals surface area contributed by atoms with Gasteiger partial charge in [-0.3, -0.25) is 43.2 Å². The van der Waals surface area contributed by atoms with E-state index in [1.165, 1.54) is 12.1 Å². The standard InChI is InChI=1S/C52H82N12O13S/c1-3-31(2)44(56)51(75)63-39(28-33-18-20-34(65)21-19-33)45(69)57-29-42(66)58-38(22-23-43(67)68)49(73)62-40(27-32-13-5-4-6-14-32)50(74)61-36(16-8-11-25-54)47(71)59-35(15-7-10-24-53)46(70)60-37(17-9-12-26-55)48(72)64-41(30-78)52(76)77/h4-6,13-14,18-21,31,35-41,44,65,78H,3,7-12,15-17,22-30,53-56H2,1-2H3,(H,57,69)(H,58,66)(H,59,71)(H,60,70)(H,61,74)(H,62,73)(H,63,75)(H,64,72)(H,67,68)(H,76,77)/t31-,35-,36-,37-,38-,39-,40-,41-,44-/m0/s1. The fourth-order valence-electron chi connectivity index (χ4n) is 7.82. The predicted molar refractivity (Wildman–Crippen MR) is 293 cm³/mol. The first-order valence-corrected chi connectivity index (χ1v) is 26.9. The quantitative estimate of drug-likeness (QED) is 0.0263. The van der Waals surface area contributed by atoms with E-state index in [4.69, 9.17) is 22.9 Å². The van der Waals surface area contributed by atoms with E-state index in [1.54, 1.807) is 49.4 Å². The van der Waals surface area contributed by atoms with Gasteiger partial charge in [-0.05, 0) is 113 Å². The molecule has 0 aliphatic carbocycles. The maximum Gasteiger partial charge on any atom is 0.327 e. The lowest BCUT2D eigenvalue weighted by molar-refractivity contribution is -0.141. The normalized spacial score (nSPS) is 14.5. The number of aliphatic carboxylic acids is 2. The number of phenols is 1. The summed E-state index contributed by atoms with van der Waals surface area (Å²) in [4.78, 5) is 134. The van der Waals surface area contributed by atoms with Crippen LogP contribution in [0, 0.1) is 5.92 Å². The summed E-state index contributed by atoms with van der Waals surface area (Å²) in [6, 6.07) is 3.89. The van der Waals surface area contributed by atoms with Crippen molar-refractivity contribution >= 4 is 71.8 Å². The minimum atomic E-state index is -1.58. The molecule has 0 bridgehead atoms. The zero-order valence-electron chi connectivity index (χ0n) is 44.5. The number of unbranched alkanes of at least 4 members (excludes halogenated alkanes) is 3. The molecule has 0 spiro atoms. The molecule has 0 radical (unpaired) electrons. The van der Waals surface area contributed by atoms with Crippen LogP contribution in [0.15, 0.2) is 54.6 Å². The second-order valence-electron chi connectivity index (χ2n) is 19.0. The number of thiol groups is 1. The van der Waals surface area contributed by atoms with Crippen LogP contribution in [0.5, 0.6) is 5.75 Å². The van der Waals surface area contributed by atoms with Gasteiger partial charge < -0.3 is 80.8 Å². The number of carbonyl (C=O) groups is 10. The number of rotatable bonds is 39. The number of nitrogens with two attached hydrogens (primary N) is 4. The summed E-state index contributed by atoms with van der Waals surface area (Å²) in [5.41, 5.74) is 24.4. The largest absolute Gasteiger partial charge is 0.508 e. The molecular formula is C52H82N12O13S. The van der Waals surface area contributed by atoms with Gasteiger partial charge in [0.1, 0.15) is 48.0 Å². The molecule has 26 heteroatoms. The van der Waals surface area contributed by atoms with Gasteiger partial charge in [0.25, 0.3) is 0 Å². The zero-order chi connectivity index (χ0) is 58.2. The van der Waals surface area contributed by atoms with Gasteiger partial charge in [0.05, 0.1) is 12.6 Å². The Kier molecular flexibility index (Phi) is 31.9. The Balaban J connectivity index is 2.43. The molecule has 0 heterocycles. The van der Waals surface area contributed by atoms with Gasteiger partial charge >= 0.3 is 11.9 Å². The van der Waals surface area contributed by atoms with Crippen LogP contribution in [0.1, 0.15) is 102 Å². The molecule has 25 nitrogen and oxygen atoms in total. The van der Waals surface area contributed by atoms with Crippen LogP contribution < -0.4 is 65.5 Å². The lowest BCUT2D eigenvalue weighted by Gasteiger charge is -2.28. The SMILES string of the molecule is CC[C@H](C)[C@H](N)C(=O)N[C@@H](Cc1ccc(O)cc1)C(=O)NCC(=O)N[C@@H](CCC(=O)O)C(=O)N[C@@H](Cc1ccccc1)C(=O)N[C@@H](CCCCN)C(=O)N[C@@H](CCCCN)C(=O)N[C@@H](CCCCN)C(=O)N[C@@H](CS)C(=O)O. The Morgan fingerprint density at radius 2 is 0.910 bits per heavy atom. The number of nitrogens with one attached hydrogen (secondary N) is 8. The van der Waals surface area contributed by atoms with E-state index in [-0.39, 0.29) is 69.2 Å². The van der Waals surface area contributed by atoms with E-state index in [2.05, 4.69) is 55.2 Å². The van der Waals surface area contributed by atoms with Crippen LogP contribution >= 0.6 is 12.6 Å². The molecule has 0 aliphatic heterocycles. The van der Waals surface area contributed by atoms with Crippen molar-refractivity contribution in [3.63, 3.8) is 0 Å². The molecule has 0 unspecified atom stereocenters. The summed E-state index contributed by atoms with van der Waals surface area (Å²) >= 11 is 4.00. The number of phenolic OH excluding ortho intramolecular Hbond substituents is 1. The molecule has 9 atom stereocenters. The number of carbonyl (C=O) groups excluding carboxylic acids is 8. The second-order valence-corrected chi connectivity index (χ2v) is 19.3. The molecule has 0 saturated carbocycles. The Morgan fingerprint density at radius 3 is 1.33 bits per heavy atom. The van der Waals surface area contributed by atoms with Crippen molar-refractivity contribution in [2.24, 2.45) is 28.9 Å². The smallest absolute Gasteiger partial charge is 0.327 e. The second kappa shape index (κ2) is 37.0. The number of hydrogen-bond acceptors (Lipinski definition) is 16.